The van der Waals surface area contributed by atoms with Gasteiger partial charge in [0.1, 0.15) is 0 Å². The molecule has 72 heavy (non-hydrogen) atoms. The minimum atomic E-state index is 0.0225. The minimum Gasteiger partial charge on any atom is -0.310 e. The Morgan fingerprint density at radius 3 is 1.03 bits per heavy atom. The van der Waals surface area contributed by atoms with Crippen LogP contribution in [0.15, 0.2) is 158 Å². The summed E-state index contributed by atoms with van der Waals surface area (Å²) in [4.78, 5) is 0. The van der Waals surface area contributed by atoms with Gasteiger partial charge in [-0.15, -0.1) is 0 Å². The first kappa shape index (κ1) is 44.6. The summed E-state index contributed by atoms with van der Waals surface area (Å²) in [6, 6.07) is 62.0. The molecule has 350 valence electrons. The molecule has 0 aliphatic carbocycles. The number of hydrogen-bond donors (Lipinski definition) is 0. The van der Waals surface area contributed by atoms with Crippen molar-refractivity contribution in [2.75, 3.05) is 0 Å². The van der Waals surface area contributed by atoms with Crippen LogP contribution in [0.5, 0.6) is 0 Å². The van der Waals surface area contributed by atoms with Crippen LogP contribution in [-0.4, -0.2) is 22.6 Å². The van der Waals surface area contributed by atoms with Gasteiger partial charge in [0.15, 0.2) is 0 Å². The molecule has 0 spiro atoms. The van der Waals surface area contributed by atoms with E-state index >= 15 is 0 Å². The van der Waals surface area contributed by atoms with Crippen molar-refractivity contribution in [3.05, 3.63) is 202 Å². The van der Waals surface area contributed by atoms with Gasteiger partial charge < -0.3 is 9.13 Å². The average molecular weight is 929 g/mol. The molecule has 0 unspecified atom stereocenters. The summed E-state index contributed by atoms with van der Waals surface area (Å²) in [6.07, 6.45) is 0. The second-order valence-corrected chi connectivity index (χ2v) is 23.7. The molecule has 2 aromatic heterocycles. The van der Waals surface area contributed by atoms with E-state index < -0.39 is 0 Å². The fraction of sp³-hybridized carbons (Fsp3) is 0.206. The number of fused-ring (bicyclic) bond motifs is 10. The Labute approximate surface area is 426 Å². The molecule has 0 fully saturated rings. The van der Waals surface area contributed by atoms with Gasteiger partial charge in [-0.25, -0.2) is 0 Å². The van der Waals surface area contributed by atoms with Crippen LogP contribution in [0.1, 0.15) is 86.1 Å². The van der Waals surface area contributed by atoms with Crippen molar-refractivity contribution in [2.45, 2.75) is 93.9 Å². The Kier molecular flexibility index (Phi) is 9.67. The third-order valence-electron chi connectivity index (χ3n) is 16.8. The monoisotopic (exact) mass is 929 g/mol. The smallest absolute Gasteiger partial charge is 0.247 e. The Balaban J connectivity index is 1.13. The molecular weight excluding hydrogens is 866 g/mol. The van der Waals surface area contributed by atoms with E-state index in [0.29, 0.717) is 0 Å². The van der Waals surface area contributed by atoms with Gasteiger partial charge in [0.2, 0.25) is 13.4 Å². The Hall–Kier alpha value is -7.29. The lowest BCUT2D eigenvalue weighted by Gasteiger charge is -2.34. The zero-order valence-electron chi connectivity index (χ0n) is 44.1. The van der Waals surface area contributed by atoms with Crippen LogP contribution in [0.2, 0.25) is 0 Å². The second-order valence-electron chi connectivity index (χ2n) is 23.7. The molecule has 9 aromatic carbocycles. The van der Waals surface area contributed by atoms with Crippen molar-refractivity contribution in [1.29, 1.82) is 0 Å². The van der Waals surface area contributed by atoms with E-state index in [9.17, 15) is 0 Å². The zero-order valence-corrected chi connectivity index (χ0v) is 44.1. The van der Waals surface area contributed by atoms with E-state index in [2.05, 4.69) is 250 Å². The van der Waals surface area contributed by atoms with Crippen LogP contribution in [0.25, 0.3) is 77.2 Å². The topological polar surface area (TPSA) is 9.86 Å². The largest absolute Gasteiger partial charge is 0.310 e. The standard InChI is InChI=1S/C68H62B2N2/c1-39-31-41(3)63(42(4)32-39)69-55-17-13-15-51-53-35-47(45-19-25-49(26-20-45)67(7,8)9)23-29-59(53)71(65(51)55)61-38-58-62(37-57(61)69)72-60-30-24-48(46-21-27-50(28-22-46)68(10,11)12)36-54(60)52-16-14-18-56(66(52)72)70(58)64-43(5)33-40(2)34-44(64)6/h13-38H,1-12H3. The molecular formula is C68H62B2N2. The van der Waals surface area contributed by atoms with Crippen LogP contribution in [-0.2, 0) is 10.8 Å². The number of rotatable bonds is 4. The van der Waals surface area contributed by atoms with Crippen LogP contribution >= 0.6 is 0 Å². The number of nitrogens with zero attached hydrogens (tertiary/aromatic N) is 2. The lowest BCUT2D eigenvalue weighted by molar-refractivity contribution is 0.590. The van der Waals surface area contributed by atoms with Crippen LogP contribution in [0.3, 0.4) is 0 Å². The normalized spacial score (nSPS) is 13.2. The summed E-state index contributed by atoms with van der Waals surface area (Å²) in [5.41, 5.74) is 31.8. The van der Waals surface area contributed by atoms with Gasteiger partial charge in [0, 0.05) is 44.0 Å². The number of aromatic nitrogens is 2. The molecule has 0 radical (unpaired) electrons. The molecule has 0 amide bonds. The van der Waals surface area contributed by atoms with E-state index in [4.69, 9.17) is 0 Å². The van der Waals surface area contributed by atoms with Crippen molar-refractivity contribution < 1.29 is 0 Å². The molecule has 0 atom stereocenters. The first-order chi connectivity index (χ1) is 34.4. The predicted octanol–water partition coefficient (Wildman–Crippen LogP) is 13.3. The molecule has 0 saturated carbocycles. The molecule has 4 heteroatoms. The van der Waals surface area contributed by atoms with E-state index in [1.54, 1.807) is 0 Å². The number of aryl methyl sites for hydroxylation is 6. The summed E-state index contributed by atoms with van der Waals surface area (Å²) in [6.45, 7) is 27.6. The van der Waals surface area contributed by atoms with E-state index in [1.165, 1.54) is 155 Å². The third-order valence-corrected chi connectivity index (χ3v) is 16.8. The molecule has 2 aliphatic heterocycles. The van der Waals surface area contributed by atoms with Crippen molar-refractivity contribution >= 4 is 89.8 Å². The Morgan fingerprint density at radius 2 is 0.681 bits per heavy atom. The highest BCUT2D eigenvalue weighted by molar-refractivity contribution is 7.00. The van der Waals surface area contributed by atoms with Gasteiger partial charge in [-0.2, -0.15) is 0 Å². The molecule has 0 N–H and O–H groups in total. The molecule has 2 nitrogen and oxygen atoms in total. The summed E-state index contributed by atoms with van der Waals surface area (Å²) >= 11 is 0. The number of hydrogen-bond acceptors (Lipinski definition) is 0. The zero-order chi connectivity index (χ0) is 49.9. The molecule has 0 saturated heterocycles. The molecule has 13 rings (SSSR count). The average Bonchev–Trinajstić information content (AvgIpc) is 3.85. The predicted molar refractivity (Wildman–Crippen MR) is 314 cm³/mol. The van der Waals surface area contributed by atoms with E-state index in [-0.39, 0.29) is 24.3 Å². The SMILES string of the molecule is Cc1cc(C)c(B2c3cc4c(cc3-n3c5ccc(-c6ccc(C(C)(C)C)cc6)cc5c5cccc2c53)B(c2c(C)cc(C)cc2C)c2cccc3c5cc(-c6ccc(C(C)(C)C)cc6)ccc5n-4c23)c(C)c1. The lowest BCUT2D eigenvalue weighted by atomic mass is 9.32. The van der Waals surface area contributed by atoms with Gasteiger partial charge in [-0.3, -0.25) is 0 Å². The summed E-state index contributed by atoms with van der Waals surface area (Å²) < 4.78 is 5.29. The highest BCUT2D eigenvalue weighted by Crippen LogP contribution is 2.40. The van der Waals surface area contributed by atoms with E-state index in [1.807, 2.05) is 0 Å². The highest BCUT2D eigenvalue weighted by Gasteiger charge is 2.41. The first-order valence-corrected chi connectivity index (χ1v) is 26.1. The van der Waals surface area contributed by atoms with Crippen molar-refractivity contribution in [3.8, 4) is 33.6 Å². The van der Waals surface area contributed by atoms with E-state index in [0.717, 1.165) is 0 Å². The maximum absolute atomic E-state index is 2.64. The van der Waals surface area contributed by atoms with Crippen molar-refractivity contribution in [3.63, 3.8) is 0 Å². The summed E-state index contributed by atoms with van der Waals surface area (Å²) in [5.74, 6) is 0. The Morgan fingerprint density at radius 1 is 0.333 bits per heavy atom. The van der Waals surface area contributed by atoms with Crippen LogP contribution < -0.4 is 32.8 Å². The van der Waals surface area contributed by atoms with Crippen LogP contribution in [0.4, 0.5) is 0 Å². The molecule has 4 heterocycles. The summed E-state index contributed by atoms with van der Waals surface area (Å²) in [7, 11) is 0. The maximum Gasteiger partial charge on any atom is 0.247 e. The minimum absolute atomic E-state index is 0.0225. The van der Waals surface area contributed by atoms with Gasteiger partial charge in [-0.05, 0) is 144 Å². The lowest BCUT2D eigenvalue weighted by Crippen LogP contribution is -2.61. The molecule has 0 bridgehead atoms. The Bertz CT molecular complexity index is 3790. The number of para-hydroxylation sites is 2. The molecule has 2 aliphatic rings. The van der Waals surface area contributed by atoms with Crippen molar-refractivity contribution in [1.82, 2.24) is 9.13 Å². The third kappa shape index (κ3) is 6.57. The highest BCUT2D eigenvalue weighted by atomic mass is 15.0. The van der Waals surface area contributed by atoms with Gasteiger partial charge in [0.25, 0.3) is 0 Å². The van der Waals surface area contributed by atoms with Gasteiger partial charge in [-0.1, -0.05) is 207 Å². The van der Waals surface area contributed by atoms with Crippen LogP contribution in [0, 0.1) is 41.5 Å². The summed E-state index contributed by atoms with van der Waals surface area (Å²) in [5, 5.41) is 5.20. The van der Waals surface area contributed by atoms with Gasteiger partial charge in [0.05, 0.1) is 11.0 Å². The quantitative estimate of drug-likeness (QED) is 0.156. The van der Waals surface area contributed by atoms with Gasteiger partial charge >= 0.3 is 0 Å². The second kappa shape index (κ2) is 15.6. The molecule has 11 aromatic rings. The van der Waals surface area contributed by atoms with Crippen molar-refractivity contribution in [2.24, 2.45) is 0 Å². The maximum atomic E-state index is 2.64. The number of benzene rings is 9. The fourth-order valence-electron chi connectivity index (χ4n) is 13.6. The fourth-order valence-corrected chi connectivity index (χ4v) is 13.6. The first-order valence-electron chi connectivity index (χ1n) is 26.1.